The van der Waals surface area contributed by atoms with Crippen molar-refractivity contribution >= 4 is 11.8 Å². The van der Waals surface area contributed by atoms with Gasteiger partial charge in [0.25, 0.3) is 11.8 Å². The largest absolute Gasteiger partial charge is 0.483 e. The maximum Gasteiger partial charge on any atom is 0.276 e. The van der Waals surface area contributed by atoms with E-state index < -0.39 is 5.91 Å². The Morgan fingerprint density at radius 3 is 2.56 bits per heavy atom. The minimum absolute atomic E-state index is 0.227. The average Bonchev–Trinajstić information content (AvgIpc) is 2.98. The Bertz CT molecular complexity index is 844. The molecule has 0 aromatic heterocycles. The highest BCUT2D eigenvalue weighted by Crippen LogP contribution is 2.41. The highest BCUT2D eigenvalue weighted by molar-refractivity contribution is 5.95. The molecule has 0 bridgehead atoms. The second-order valence-electron chi connectivity index (χ2n) is 7.12. The van der Waals surface area contributed by atoms with E-state index in [2.05, 4.69) is 10.9 Å². The first-order valence-corrected chi connectivity index (χ1v) is 9.00. The smallest absolute Gasteiger partial charge is 0.276 e. The van der Waals surface area contributed by atoms with Crippen molar-refractivity contribution in [2.24, 2.45) is 0 Å². The van der Waals surface area contributed by atoms with E-state index in [9.17, 15) is 9.59 Å². The van der Waals surface area contributed by atoms with Gasteiger partial charge in [-0.3, -0.25) is 20.4 Å². The number of rotatable bonds is 5. The molecular weight excluding hydrogens is 344 g/mol. The zero-order valence-corrected chi connectivity index (χ0v) is 15.8. The second kappa shape index (κ2) is 7.70. The fourth-order valence-electron chi connectivity index (χ4n) is 2.97. The number of aryl methyl sites for hydroxylation is 1. The lowest BCUT2D eigenvalue weighted by Crippen LogP contribution is -2.43. The summed E-state index contributed by atoms with van der Waals surface area (Å²) in [6.07, 6.45) is 1.69. The lowest BCUT2D eigenvalue weighted by Gasteiger charge is -2.18. The van der Waals surface area contributed by atoms with Crippen LogP contribution in [0.4, 0.5) is 0 Å². The Morgan fingerprint density at radius 2 is 1.85 bits per heavy atom. The van der Waals surface area contributed by atoms with E-state index in [0.29, 0.717) is 17.1 Å². The zero-order valence-electron chi connectivity index (χ0n) is 15.8. The van der Waals surface area contributed by atoms with Crippen molar-refractivity contribution in [3.05, 3.63) is 59.2 Å². The molecule has 2 amide bonds. The van der Waals surface area contributed by atoms with Crippen molar-refractivity contribution in [3.63, 3.8) is 0 Å². The van der Waals surface area contributed by atoms with Crippen LogP contribution in [0.5, 0.6) is 11.5 Å². The molecule has 0 aliphatic carbocycles. The summed E-state index contributed by atoms with van der Waals surface area (Å²) in [4.78, 5) is 24.0. The number of hydrogen-bond acceptors (Lipinski definition) is 4. The minimum Gasteiger partial charge on any atom is -0.483 e. The molecule has 1 aliphatic rings. The van der Waals surface area contributed by atoms with E-state index in [1.165, 1.54) is 0 Å². The Balaban J connectivity index is 1.51. The standard InChI is InChI=1S/C21H24N2O4/c1-4-14-8-10-15(11-9-14)20(25)23-22-18(24)13-26-17-7-5-6-16-12-21(2,3)27-19(16)17/h5-11H,4,12-13H2,1-3H3,(H,22,24)(H,23,25). The Hall–Kier alpha value is -3.02. The number of benzene rings is 2. The first-order chi connectivity index (χ1) is 12.9. The maximum atomic E-state index is 12.1. The van der Waals surface area contributed by atoms with E-state index in [4.69, 9.17) is 9.47 Å². The lowest BCUT2D eigenvalue weighted by molar-refractivity contribution is -0.123. The summed E-state index contributed by atoms with van der Waals surface area (Å²) in [5, 5.41) is 0. The summed E-state index contributed by atoms with van der Waals surface area (Å²) in [6, 6.07) is 12.8. The van der Waals surface area contributed by atoms with Crippen LogP contribution in [0.15, 0.2) is 42.5 Å². The van der Waals surface area contributed by atoms with Crippen molar-refractivity contribution < 1.29 is 19.1 Å². The van der Waals surface area contributed by atoms with Crippen LogP contribution >= 0.6 is 0 Å². The molecule has 0 atom stereocenters. The van der Waals surface area contributed by atoms with Crippen LogP contribution in [-0.4, -0.2) is 24.0 Å². The second-order valence-corrected chi connectivity index (χ2v) is 7.12. The number of ether oxygens (including phenoxy) is 2. The summed E-state index contributed by atoms with van der Waals surface area (Å²) in [6.45, 7) is 5.83. The van der Waals surface area contributed by atoms with Gasteiger partial charge in [0.1, 0.15) is 5.60 Å². The molecule has 2 aromatic carbocycles. The molecule has 2 N–H and O–H groups in total. The number of fused-ring (bicyclic) bond motifs is 1. The fourth-order valence-corrected chi connectivity index (χ4v) is 2.97. The Labute approximate surface area is 158 Å². The van der Waals surface area contributed by atoms with Gasteiger partial charge in [0, 0.05) is 17.5 Å². The molecule has 2 aromatic rings. The number of carbonyl (C=O) groups is 2. The number of hydrogen-bond donors (Lipinski definition) is 2. The van der Waals surface area contributed by atoms with E-state index in [1.807, 2.05) is 45.0 Å². The molecule has 0 unspecified atom stereocenters. The van der Waals surface area contributed by atoms with Gasteiger partial charge in [-0.25, -0.2) is 0 Å². The van der Waals surface area contributed by atoms with Gasteiger partial charge in [-0.05, 0) is 44.0 Å². The molecule has 6 nitrogen and oxygen atoms in total. The van der Waals surface area contributed by atoms with Crippen LogP contribution in [0.3, 0.4) is 0 Å². The third-order valence-corrected chi connectivity index (χ3v) is 4.35. The van der Waals surface area contributed by atoms with Crippen LogP contribution < -0.4 is 20.3 Å². The molecule has 3 rings (SSSR count). The lowest BCUT2D eigenvalue weighted by atomic mass is 10.0. The van der Waals surface area contributed by atoms with Gasteiger partial charge in [0.2, 0.25) is 0 Å². The van der Waals surface area contributed by atoms with Crippen molar-refractivity contribution in [1.29, 1.82) is 0 Å². The molecular formula is C21H24N2O4. The predicted octanol–water partition coefficient (Wildman–Crippen LogP) is 2.80. The van der Waals surface area contributed by atoms with Gasteiger partial charge in [-0.15, -0.1) is 0 Å². The third kappa shape index (κ3) is 4.58. The molecule has 27 heavy (non-hydrogen) atoms. The van der Waals surface area contributed by atoms with Gasteiger partial charge in [-0.1, -0.05) is 31.2 Å². The maximum absolute atomic E-state index is 12.1. The van der Waals surface area contributed by atoms with Gasteiger partial charge < -0.3 is 9.47 Å². The molecule has 0 fully saturated rings. The topological polar surface area (TPSA) is 76.7 Å². The molecule has 0 saturated carbocycles. The number of nitrogens with one attached hydrogen (secondary N) is 2. The van der Waals surface area contributed by atoms with Crippen LogP contribution in [0.1, 0.15) is 42.3 Å². The van der Waals surface area contributed by atoms with Gasteiger partial charge in [0.15, 0.2) is 18.1 Å². The number of hydrazine groups is 1. The zero-order chi connectivity index (χ0) is 19.4. The summed E-state index contributed by atoms with van der Waals surface area (Å²) in [5.41, 5.74) is 7.14. The van der Waals surface area contributed by atoms with E-state index in [1.54, 1.807) is 18.2 Å². The van der Waals surface area contributed by atoms with Crippen LogP contribution in [0.2, 0.25) is 0 Å². The molecule has 0 saturated heterocycles. The molecule has 0 radical (unpaired) electrons. The van der Waals surface area contributed by atoms with Crippen molar-refractivity contribution in [3.8, 4) is 11.5 Å². The van der Waals surface area contributed by atoms with Gasteiger partial charge >= 0.3 is 0 Å². The summed E-state index contributed by atoms with van der Waals surface area (Å²) < 4.78 is 11.5. The first kappa shape index (κ1) is 18.8. The first-order valence-electron chi connectivity index (χ1n) is 9.00. The molecule has 0 spiro atoms. The van der Waals surface area contributed by atoms with Crippen molar-refractivity contribution in [1.82, 2.24) is 10.9 Å². The van der Waals surface area contributed by atoms with Crippen molar-refractivity contribution in [2.45, 2.75) is 39.2 Å². The van der Waals surface area contributed by atoms with Crippen LogP contribution in [-0.2, 0) is 17.6 Å². The summed E-state index contributed by atoms with van der Waals surface area (Å²) in [5.74, 6) is 0.366. The molecule has 142 valence electrons. The number of carbonyl (C=O) groups excluding carboxylic acids is 2. The monoisotopic (exact) mass is 368 g/mol. The molecule has 1 aliphatic heterocycles. The quantitative estimate of drug-likeness (QED) is 0.796. The number of para-hydroxylation sites is 1. The number of amides is 2. The van der Waals surface area contributed by atoms with E-state index >= 15 is 0 Å². The Morgan fingerprint density at radius 1 is 1.11 bits per heavy atom. The van der Waals surface area contributed by atoms with Gasteiger partial charge in [-0.2, -0.15) is 0 Å². The summed E-state index contributed by atoms with van der Waals surface area (Å²) in [7, 11) is 0. The van der Waals surface area contributed by atoms with Crippen molar-refractivity contribution in [2.75, 3.05) is 6.61 Å². The SMILES string of the molecule is CCc1ccc(C(=O)NNC(=O)COc2cccc3c2OC(C)(C)C3)cc1. The fraction of sp³-hybridized carbons (Fsp3) is 0.333. The normalized spacial score (nSPS) is 14.0. The predicted molar refractivity (Wildman–Crippen MR) is 102 cm³/mol. The highest BCUT2D eigenvalue weighted by Gasteiger charge is 2.32. The summed E-state index contributed by atoms with van der Waals surface area (Å²) >= 11 is 0. The minimum atomic E-state index is -0.455. The average molecular weight is 368 g/mol. The van der Waals surface area contributed by atoms with Crippen LogP contribution in [0.25, 0.3) is 0 Å². The molecule has 6 heteroatoms. The van der Waals surface area contributed by atoms with E-state index in [0.717, 1.165) is 24.0 Å². The van der Waals surface area contributed by atoms with Crippen LogP contribution in [0, 0.1) is 0 Å². The highest BCUT2D eigenvalue weighted by atomic mass is 16.5. The Kier molecular flexibility index (Phi) is 5.35. The third-order valence-electron chi connectivity index (χ3n) is 4.35. The van der Waals surface area contributed by atoms with E-state index in [-0.39, 0.29) is 18.1 Å². The van der Waals surface area contributed by atoms with Gasteiger partial charge in [0.05, 0.1) is 0 Å². The molecule has 1 heterocycles.